The van der Waals surface area contributed by atoms with E-state index >= 15 is 0 Å². The van der Waals surface area contributed by atoms with Gasteiger partial charge in [-0.3, -0.25) is 9.59 Å². The number of halogens is 1. The van der Waals surface area contributed by atoms with Gasteiger partial charge in [0.1, 0.15) is 6.04 Å². The van der Waals surface area contributed by atoms with E-state index in [4.69, 9.17) is 10.5 Å². The second kappa shape index (κ2) is 11.3. The van der Waals surface area contributed by atoms with E-state index in [-0.39, 0.29) is 31.3 Å². The minimum absolute atomic E-state index is 0. The Morgan fingerprint density at radius 3 is 2.35 bits per heavy atom. The summed E-state index contributed by atoms with van der Waals surface area (Å²) in [5.41, 5.74) is 6.53. The second-order valence-corrected chi connectivity index (χ2v) is 5.56. The van der Waals surface area contributed by atoms with Crippen molar-refractivity contribution in [1.29, 1.82) is 0 Å². The van der Waals surface area contributed by atoms with Crippen molar-refractivity contribution in [3.8, 4) is 0 Å². The number of hydrogen-bond acceptors (Lipinski definition) is 6. The summed E-state index contributed by atoms with van der Waals surface area (Å²) >= 11 is 1.62. The Labute approximate surface area is 146 Å². The minimum atomic E-state index is -0.782. The van der Waals surface area contributed by atoms with Crippen LogP contribution in [0.1, 0.15) is 18.0 Å². The van der Waals surface area contributed by atoms with Crippen molar-refractivity contribution >= 4 is 36.0 Å². The van der Waals surface area contributed by atoms with Gasteiger partial charge in [0, 0.05) is 12.0 Å². The van der Waals surface area contributed by atoms with Crippen LogP contribution in [0.4, 0.5) is 0 Å². The molecule has 0 aromatic heterocycles. The molecule has 2 atom stereocenters. The van der Waals surface area contributed by atoms with E-state index in [2.05, 4.69) is 10.1 Å². The van der Waals surface area contributed by atoms with Gasteiger partial charge in [0.05, 0.1) is 26.2 Å². The van der Waals surface area contributed by atoms with Crippen LogP contribution in [-0.2, 0) is 19.1 Å². The topological polar surface area (TPSA) is 90.6 Å². The van der Waals surface area contributed by atoms with Gasteiger partial charge < -0.3 is 20.5 Å². The van der Waals surface area contributed by atoms with Crippen LogP contribution in [0.5, 0.6) is 0 Å². The predicted molar refractivity (Wildman–Crippen MR) is 92.8 cm³/mol. The number of rotatable bonds is 8. The molecule has 1 rings (SSSR count). The van der Waals surface area contributed by atoms with E-state index in [0.717, 1.165) is 10.5 Å². The van der Waals surface area contributed by atoms with Crippen molar-refractivity contribution in [2.45, 2.75) is 23.4 Å². The number of methoxy groups -OCH3 is 2. The summed E-state index contributed by atoms with van der Waals surface area (Å²) in [5.74, 6) is -0.774. The molecule has 0 aliphatic carbocycles. The van der Waals surface area contributed by atoms with E-state index in [1.165, 1.54) is 14.2 Å². The zero-order valence-electron chi connectivity index (χ0n) is 13.4. The summed E-state index contributed by atoms with van der Waals surface area (Å²) in [6, 6.07) is 6.36. The molecular formula is C15H23ClN2O4S. The number of amides is 1. The third-order valence-corrected chi connectivity index (χ3v) is 3.86. The van der Waals surface area contributed by atoms with Crippen LogP contribution in [0.2, 0.25) is 0 Å². The summed E-state index contributed by atoms with van der Waals surface area (Å²) in [6.45, 7) is 0.113. The average Bonchev–Trinajstić information content (AvgIpc) is 2.54. The second-order valence-electron chi connectivity index (χ2n) is 4.68. The number of nitrogens with two attached hydrogens (primary N) is 1. The lowest BCUT2D eigenvalue weighted by molar-refractivity contribution is -0.141. The molecule has 23 heavy (non-hydrogen) atoms. The Morgan fingerprint density at radius 2 is 1.87 bits per heavy atom. The smallest absolute Gasteiger partial charge is 0.307 e. The fourth-order valence-corrected chi connectivity index (χ4v) is 2.28. The third kappa shape index (κ3) is 7.22. The number of benzene rings is 1. The molecule has 0 aliphatic rings. The van der Waals surface area contributed by atoms with E-state index in [1.807, 2.05) is 30.5 Å². The predicted octanol–water partition coefficient (Wildman–Crippen LogP) is 1.52. The van der Waals surface area contributed by atoms with Gasteiger partial charge in [-0.05, 0) is 24.0 Å². The molecule has 2 unspecified atom stereocenters. The first-order valence-corrected chi connectivity index (χ1v) is 8.00. The Kier molecular flexibility index (Phi) is 10.7. The first-order valence-electron chi connectivity index (χ1n) is 6.77. The molecule has 130 valence electrons. The Morgan fingerprint density at radius 1 is 1.26 bits per heavy atom. The van der Waals surface area contributed by atoms with Gasteiger partial charge in [-0.15, -0.1) is 24.2 Å². The monoisotopic (exact) mass is 362 g/mol. The van der Waals surface area contributed by atoms with Gasteiger partial charge in [0.2, 0.25) is 5.91 Å². The Balaban J connectivity index is 0.00000484. The maximum Gasteiger partial charge on any atom is 0.307 e. The van der Waals surface area contributed by atoms with Crippen LogP contribution in [0.15, 0.2) is 29.2 Å². The highest BCUT2D eigenvalue weighted by molar-refractivity contribution is 7.98. The van der Waals surface area contributed by atoms with E-state index in [9.17, 15) is 9.59 Å². The molecule has 0 radical (unpaired) electrons. The zero-order valence-corrected chi connectivity index (χ0v) is 15.0. The zero-order chi connectivity index (χ0) is 16.5. The summed E-state index contributed by atoms with van der Waals surface area (Å²) in [4.78, 5) is 24.7. The minimum Gasteiger partial charge on any atom is -0.469 e. The maximum atomic E-state index is 12.0. The molecule has 3 N–H and O–H groups in total. The lowest BCUT2D eigenvalue weighted by atomic mass is 10.0. The molecule has 0 saturated carbocycles. The summed E-state index contributed by atoms with van der Waals surface area (Å²) < 4.78 is 9.55. The summed E-state index contributed by atoms with van der Waals surface area (Å²) in [7, 11) is 2.79. The van der Waals surface area contributed by atoms with Crippen molar-refractivity contribution < 1.29 is 19.1 Å². The van der Waals surface area contributed by atoms with Gasteiger partial charge >= 0.3 is 5.97 Å². The molecule has 8 heteroatoms. The van der Waals surface area contributed by atoms with Crippen LogP contribution < -0.4 is 11.1 Å². The van der Waals surface area contributed by atoms with Crippen LogP contribution >= 0.6 is 24.2 Å². The fraction of sp³-hybridized carbons (Fsp3) is 0.467. The van der Waals surface area contributed by atoms with E-state index in [1.54, 1.807) is 11.8 Å². The van der Waals surface area contributed by atoms with Crippen molar-refractivity contribution in [2.75, 3.05) is 27.1 Å². The SMILES string of the molecule is COCC(N)C(=O)NC(CC(=O)OC)c1ccc(SC)cc1.Cl. The summed E-state index contributed by atoms with van der Waals surface area (Å²) in [6.07, 6.45) is 2.02. The Bertz CT molecular complexity index is 499. The van der Waals surface area contributed by atoms with Crippen molar-refractivity contribution in [3.05, 3.63) is 29.8 Å². The Hall–Kier alpha value is -1.28. The fourth-order valence-electron chi connectivity index (χ4n) is 1.87. The molecule has 6 nitrogen and oxygen atoms in total. The highest BCUT2D eigenvalue weighted by Gasteiger charge is 2.22. The van der Waals surface area contributed by atoms with Gasteiger partial charge in [-0.25, -0.2) is 0 Å². The number of esters is 1. The van der Waals surface area contributed by atoms with Crippen LogP contribution in [0.3, 0.4) is 0 Å². The molecule has 0 bridgehead atoms. The maximum absolute atomic E-state index is 12.0. The van der Waals surface area contributed by atoms with Crippen molar-refractivity contribution in [1.82, 2.24) is 5.32 Å². The highest BCUT2D eigenvalue weighted by Crippen LogP contribution is 2.21. The molecule has 0 saturated heterocycles. The average molecular weight is 363 g/mol. The van der Waals surface area contributed by atoms with Crippen molar-refractivity contribution in [2.24, 2.45) is 5.73 Å². The molecule has 0 fully saturated rings. The number of hydrogen-bond donors (Lipinski definition) is 2. The largest absolute Gasteiger partial charge is 0.469 e. The molecule has 0 spiro atoms. The van der Waals surface area contributed by atoms with Crippen LogP contribution in [0.25, 0.3) is 0 Å². The van der Waals surface area contributed by atoms with E-state index < -0.39 is 18.1 Å². The molecule has 0 aliphatic heterocycles. The number of ether oxygens (including phenoxy) is 2. The van der Waals surface area contributed by atoms with Crippen LogP contribution in [0, 0.1) is 0 Å². The summed E-state index contributed by atoms with van der Waals surface area (Å²) in [5, 5.41) is 2.77. The molecule has 1 aromatic rings. The highest BCUT2D eigenvalue weighted by atomic mass is 35.5. The first-order chi connectivity index (χ1) is 10.5. The van der Waals surface area contributed by atoms with Gasteiger partial charge in [-0.1, -0.05) is 12.1 Å². The third-order valence-electron chi connectivity index (χ3n) is 3.12. The normalized spacial score (nSPS) is 12.7. The quantitative estimate of drug-likeness (QED) is 0.538. The molecule has 1 aromatic carbocycles. The van der Waals surface area contributed by atoms with E-state index in [0.29, 0.717) is 0 Å². The number of carbonyl (C=O) groups is 2. The standard InChI is InChI=1S/C15H22N2O4S.ClH/c1-20-9-12(16)15(19)17-13(8-14(18)21-2)10-4-6-11(22-3)7-5-10;/h4-7,12-13H,8-9,16H2,1-3H3,(H,17,19);1H. The van der Waals surface area contributed by atoms with Gasteiger partial charge in [0.15, 0.2) is 0 Å². The lowest BCUT2D eigenvalue weighted by Gasteiger charge is -2.20. The van der Waals surface area contributed by atoms with Gasteiger partial charge in [0.25, 0.3) is 0 Å². The lowest BCUT2D eigenvalue weighted by Crippen LogP contribution is -2.45. The molecule has 1 amide bonds. The first kappa shape index (κ1) is 21.7. The number of thioether (sulfide) groups is 1. The number of carbonyl (C=O) groups excluding carboxylic acids is 2. The molecule has 0 heterocycles. The van der Waals surface area contributed by atoms with Gasteiger partial charge in [-0.2, -0.15) is 0 Å². The van der Waals surface area contributed by atoms with Crippen molar-refractivity contribution in [3.63, 3.8) is 0 Å². The molecular weight excluding hydrogens is 340 g/mol. The van der Waals surface area contributed by atoms with Crippen LogP contribution in [-0.4, -0.2) is 45.0 Å². The number of nitrogens with one attached hydrogen (secondary N) is 1.